The van der Waals surface area contributed by atoms with Crippen molar-refractivity contribution in [1.29, 1.82) is 0 Å². The molecule has 1 amide bonds. The fourth-order valence-corrected chi connectivity index (χ4v) is 1.74. The van der Waals surface area contributed by atoms with Crippen LogP contribution in [0.25, 0.3) is 5.76 Å². The van der Waals surface area contributed by atoms with Crippen LogP contribution in [-0.2, 0) is 4.74 Å². The lowest BCUT2D eigenvalue weighted by molar-refractivity contribution is 0.148. The Balaban J connectivity index is 2.85. The number of hydrogen-bond donors (Lipinski definition) is 0. The zero-order valence-electron chi connectivity index (χ0n) is 12.1. The molecule has 19 heavy (non-hydrogen) atoms. The lowest BCUT2D eigenvalue weighted by atomic mass is 10.1. The van der Waals surface area contributed by atoms with Gasteiger partial charge in [0.15, 0.2) is 0 Å². The minimum absolute atomic E-state index is 0.281. The smallest absolute Gasteiger partial charge is 0.410 e. The van der Waals surface area contributed by atoms with Gasteiger partial charge in [0, 0.05) is 18.7 Å². The summed E-state index contributed by atoms with van der Waals surface area (Å²) in [4.78, 5) is 13.7. The van der Waals surface area contributed by atoms with Gasteiger partial charge in [-0.15, -0.1) is 0 Å². The van der Waals surface area contributed by atoms with Gasteiger partial charge in [-0.2, -0.15) is 0 Å². The first-order valence-electron chi connectivity index (χ1n) is 6.95. The van der Waals surface area contributed by atoms with Crippen molar-refractivity contribution in [3.63, 3.8) is 0 Å². The molecule has 0 aliphatic rings. The van der Waals surface area contributed by atoms with Crippen molar-refractivity contribution in [2.24, 2.45) is 0 Å². The second-order valence-corrected chi connectivity index (χ2v) is 4.26. The molecule has 1 aromatic carbocycles. The molecule has 0 radical (unpaired) electrons. The van der Waals surface area contributed by atoms with Crippen LogP contribution < -0.4 is 0 Å². The topological polar surface area (TPSA) is 29.5 Å². The van der Waals surface area contributed by atoms with Crippen LogP contribution in [0.2, 0.25) is 0 Å². The number of nitrogens with zero attached hydrogens (tertiary/aromatic N) is 1. The lowest BCUT2D eigenvalue weighted by Crippen LogP contribution is -2.30. The van der Waals surface area contributed by atoms with Crippen molar-refractivity contribution in [3.05, 3.63) is 42.0 Å². The molecule has 3 heteroatoms. The van der Waals surface area contributed by atoms with Crippen molar-refractivity contribution in [2.75, 3.05) is 13.1 Å². The summed E-state index contributed by atoms with van der Waals surface area (Å²) in [6.45, 7) is 7.31. The molecule has 3 nitrogen and oxygen atoms in total. The molecule has 0 saturated heterocycles. The molecular formula is C16H23NO2. The van der Waals surface area contributed by atoms with E-state index < -0.39 is 0 Å². The number of unbranched alkanes of at least 4 members (excludes halogenated alkanes) is 1. The van der Waals surface area contributed by atoms with Crippen LogP contribution in [0.5, 0.6) is 0 Å². The highest BCUT2D eigenvalue weighted by Crippen LogP contribution is 2.18. The van der Waals surface area contributed by atoms with Gasteiger partial charge in [-0.1, -0.05) is 43.7 Å². The van der Waals surface area contributed by atoms with Gasteiger partial charge in [-0.3, -0.25) is 0 Å². The Labute approximate surface area is 115 Å². The maximum atomic E-state index is 12.0. The molecular weight excluding hydrogens is 238 g/mol. The highest BCUT2D eigenvalue weighted by molar-refractivity contribution is 5.76. The molecule has 0 bridgehead atoms. The van der Waals surface area contributed by atoms with Crippen molar-refractivity contribution in [2.45, 2.75) is 33.6 Å². The molecule has 1 aromatic rings. The maximum Gasteiger partial charge on any atom is 0.415 e. The van der Waals surface area contributed by atoms with Crippen LogP contribution in [0.1, 0.15) is 39.2 Å². The summed E-state index contributed by atoms with van der Waals surface area (Å²) in [6, 6.07) is 9.75. The number of amides is 1. The van der Waals surface area contributed by atoms with Crippen LogP contribution in [0.15, 0.2) is 36.4 Å². The molecule has 1 rings (SSSR count). The highest BCUT2D eigenvalue weighted by Gasteiger charge is 2.14. The van der Waals surface area contributed by atoms with Gasteiger partial charge in [0.1, 0.15) is 5.76 Å². The molecule has 0 fully saturated rings. The van der Waals surface area contributed by atoms with Crippen LogP contribution in [0.3, 0.4) is 0 Å². The molecule has 0 aliphatic heterocycles. The van der Waals surface area contributed by atoms with Gasteiger partial charge >= 0.3 is 6.09 Å². The largest absolute Gasteiger partial charge is 0.415 e. The van der Waals surface area contributed by atoms with Crippen molar-refractivity contribution < 1.29 is 9.53 Å². The van der Waals surface area contributed by atoms with E-state index in [1.54, 1.807) is 4.90 Å². The third-order valence-electron chi connectivity index (χ3n) is 2.90. The van der Waals surface area contributed by atoms with Crippen LogP contribution >= 0.6 is 0 Å². The Morgan fingerprint density at radius 2 is 1.79 bits per heavy atom. The number of rotatable bonds is 6. The first-order valence-corrected chi connectivity index (χ1v) is 6.95. The fraction of sp³-hybridized carbons (Fsp3) is 0.438. The molecule has 0 atom stereocenters. The fourth-order valence-electron chi connectivity index (χ4n) is 1.74. The summed E-state index contributed by atoms with van der Waals surface area (Å²) < 4.78 is 5.53. The summed E-state index contributed by atoms with van der Waals surface area (Å²) in [6.07, 6.45) is 3.63. The van der Waals surface area contributed by atoms with E-state index in [9.17, 15) is 4.79 Å². The molecule has 0 unspecified atom stereocenters. The van der Waals surface area contributed by atoms with Crippen molar-refractivity contribution >= 4 is 11.9 Å². The summed E-state index contributed by atoms with van der Waals surface area (Å²) in [5, 5.41) is 0. The van der Waals surface area contributed by atoms with E-state index in [1.165, 1.54) is 0 Å². The average Bonchev–Trinajstić information content (AvgIpc) is 2.45. The number of ether oxygens (including phenoxy) is 1. The quantitative estimate of drug-likeness (QED) is 0.714. The van der Waals surface area contributed by atoms with E-state index in [0.29, 0.717) is 18.8 Å². The first kappa shape index (κ1) is 15.3. The van der Waals surface area contributed by atoms with E-state index in [0.717, 1.165) is 18.4 Å². The minimum atomic E-state index is -0.281. The number of benzene rings is 1. The Morgan fingerprint density at radius 3 is 2.32 bits per heavy atom. The summed E-state index contributed by atoms with van der Waals surface area (Å²) >= 11 is 0. The number of allylic oxidation sites excluding steroid dienone is 1. The van der Waals surface area contributed by atoms with E-state index in [-0.39, 0.29) is 6.09 Å². The van der Waals surface area contributed by atoms with Crippen molar-refractivity contribution in [3.8, 4) is 0 Å². The molecule has 0 heterocycles. The Kier molecular flexibility index (Phi) is 6.72. The van der Waals surface area contributed by atoms with E-state index >= 15 is 0 Å². The van der Waals surface area contributed by atoms with Crippen molar-refractivity contribution in [1.82, 2.24) is 4.90 Å². The third kappa shape index (κ3) is 4.78. The Hall–Kier alpha value is -1.77. The minimum Gasteiger partial charge on any atom is -0.410 e. The normalized spacial score (nSPS) is 11.2. The maximum absolute atomic E-state index is 12.0. The number of hydrogen-bond acceptors (Lipinski definition) is 2. The SMILES string of the molecule is CCC/C=C(\OC(=O)N(CC)CC)c1ccccc1. The van der Waals surface area contributed by atoms with Gasteiger partial charge < -0.3 is 9.64 Å². The lowest BCUT2D eigenvalue weighted by Gasteiger charge is -2.19. The summed E-state index contributed by atoms with van der Waals surface area (Å²) in [5.74, 6) is 0.652. The summed E-state index contributed by atoms with van der Waals surface area (Å²) in [5.41, 5.74) is 0.941. The molecule has 0 saturated carbocycles. The van der Waals surface area contributed by atoms with Crippen LogP contribution in [0, 0.1) is 0 Å². The number of carbonyl (C=O) groups is 1. The molecule has 0 aliphatic carbocycles. The Morgan fingerprint density at radius 1 is 1.16 bits per heavy atom. The molecule has 0 spiro atoms. The number of carbonyl (C=O) groups excluding carboxylic acids is 1. The van der Waals surface area contributed by atoms with Gasteiger partial charge in [0.25, 0.3) is 0 Å². The van der Waals surface area contributed by atoms with Crippen LogP contribution in [-0.4, -0.2) is 24.1 Å². The molecule has 0 N–H and O–H groups in total. The second kappa shape index (κ2) is 8.35. The van der Waals surface area contributed by atoms with Gasteiger partial charge in [0.05, 0.1) is 0 Å². The zero-order chi connectivity index (χ0) is 14.1. The Bertz CT molecular complexity index is 408. The summed E-state index contributed by atoms with van der Waals surface area (Å²) in [7, 11) is 0. The van der Waals surface area contributed by atoms with Gasteiger partial charge in [0.2, 0.25) is 0 Å². The highest BCUT2D eigenvalue weighted by atomic mass is 16.6. The van der Waals surface area contributed by atoms with Gasteiger partial charge in [-0.25, -0.2) is 4.79 Å². The van der Waals surface area contributed by atoms with E-state index in [2.05, 4.69) is 6.92 Å². The first-order chi connectivity index (χ1) is 9.22. The predicted molar refractivity (Wildman–Crippen MR) is 78.7 cm³/mol. The predicted octanol–water partition coefficient (Wildman–Crippen LogP) is 4.31. The standard InChI is InChI=1S/C16H23NO2/c1-4-7-13-15(14-11-9-8-10-12-14)19-16(18)17(5-2)6-3/h8-13H,4-7H2,1-3H3/b15-13-. The van der Waals surface area contributed by atoms with Crippen LogP contribution in [0.4, 0.5) is 4.79 Å². The molecule has 104 valence electrons. The second-order valence-electron chi connectivity index (χ2n) is 4.26. The van der Waals surface area contributed by atoms with E-state index in [4.69, 9.17) is 4.74 Å². The van der Waals surface area contributed by atoms with Gasteiger partial charge in [-0.05, 0) is 26.3 Å². The molecule has 0 aromatic heterocycles. The monoisotopic (exact) mass is 261 g/mol. The third-order valence-corrected chi connectivity index (χ3v) is 2.90. The average molecular weight is 261 g/mol. The zero-order valence-corrected chi connectivity index (χ0v) is 12.1. The van der Waals surface area contributed by atoms with E-state index in [1.807, 2.05) is 50.3 Å².